The molecule has 0 bridgehead atoms. The minimum Gasteiger partial charge on any atom is -0.385 e. The highest BCUT2D eigenvalue weighted by molar-refractivity contribution is 5.82. The molecule has 1 aliphatic carbocycles. The number of allylic oxidation sites excluding steroid dienone is 3. The van der Waals surface area contributed by atoms with Crippen LogP contribution in [0.3, 0.4) is 0 Å². The standard InChI is InChI=1S/C26H42N2O2.C5H11NO.C5H5N.C5H10.2C2H6/c1-4-5-9-22(19-27)18-26(29)25-11-7-6-10-24(25)23-14-12-21(13-15-23)20-28(2)16-8-17-30-3;1-3-4-6(2)5-7;1-2-4-6-5-3-1;1-3-5-4-2;2*1-2/h4-5,12-15,22,24-25H,6-11,16-20,27H2,1-3H3;5H,3-4H2,1-2H3;1-5H;3H,1,4-5H2,2H3;2*1-2H3/b5-4-;;;;;/t22-,24-,25?;;;;;/m0...../s1. The van der Waals surface area contributed by atoms with Crippen molar-refractivity contribution in [3.05, 3.63) is 90.8 Å². The summed E-state index contributed by atoms with van der Waals surface area (Å²) < 4.78 is 5.14. The Labute approximate surface area is 321 Å². The number of aromatic nitrogens is 1. The van der Waals surface area contributed by atoms with Crippen LogP contribution >= 0.6 is 0 Å². The molecule has 1 amide bonds. The minimum absolute atomic E-state index is 0.154. The summed E-state index contributed by atoms with van der Waals surface area (Å²) in [5.74, 6) is 1.20. The monoisotopic (exact) mass is 725 g/mol. The number of amides is 1. The van der Waals surface area contributed by atoms with Crippen LogP contribution in [0.25, 0.3) is 0 Å². The van der Waals surface area contributed by atoms with Gasteiger partial charge in [-0.1, -0.05) is 109 Å². The van der Waals surface area contributed by atoms with Gasteiger partial charge in [0.05, 0.1) is 0 Å². The van der Waals surface area contributed by atoms with Gasteiger partial charge >= 0.3 is 0 Å². The van der Waals surface area contributed by atoms with E-state index in [1.807, 2.05) is 71.9 Å². The van der Waals surface area contributed by atoms with Crippen LogP contribution in [-0.2, 0) is 20.9 Å². The number of carbonyl (C=O) groups is 2. The zero-order valence-corrected chi connectivity index (χ0v) is 35.2. The maximum atomic E-state index is 13.2. The molecule has 0 saturated heterocycles. The summed E-state index contributed by atoms with van der Waals surface area (Å²) in [4.78, 5) is 30.7. The van der Waals surface area contributed by atoms with Crippen molar-refractivity contribution in [2.45, 2.75) is 125 Å². The van der Waals surface area contributed by atoms with Crippen molar-refractivity contribution in [1.29, 1.82) is 0 Å². The van der Waals surface area contributed by atoms with E-state index in [0.29, 0.717) is 24.7 Å². The molecule has 1 saturated carbocycles. The number of benzene rings is 1. The number of Topliss-reactive ketones (excluding diaryl/α,β-unsaturated/α-hetero) is 1. The van der Waals surface area contributed by atoms with Crippen LogP contribution in [0.4, 0.5) is 0 Å². The van der Waals surface area contributed by atoms with Gasteiger partial charge in [0.2, 0.25) is 6.41 Å². The highest BCUT2D eigenvalue weighted by Gasteiger charge is 2.32. The molecular formula is C45H80N4O3. The molecule has 1 aromatic carbocycles. The maximum Gasteiger partial charge on any atom is 0.209 e. The Balaban J connectivity index is -0.000000881. The van der Waals surface area contributed by atoms with Gasteiger partial charge in [0, 0.05) is 65.1 Å². The number of ketones is 1. The van der Waals surface area contributed by atoms with Crippen LogP contribution in [-0.4, -0.2) is 74.4 Å². The van der Waals surface area contributed by atoms with E-state index in [1.54, 1.807) is 31.5 Å². The van der Waals surface area contributed by atoms with E-state index in [9.17, 15) is 9.59 Å². The van der Waals surface area contributed by atoms with Crippen molar-refractivity contribution in [3.8, 4) is 0 Å². The predicted molar refractivity (Wildman–Crippen MR) is 227 cm³/mol. The summed E-state index contributed by atoms with van der Waals surface area (Å²) in [6, 6.07) is 14.7. The third kappa shape index (κ3) is 29.4. The Kier molecular flexibility index (Phi) is 41.6. The summed E-state index contributed by atoms with van der Waals surface area (Å²) in [6.45, 7) is 22.0. The van der Waals surface area contributed by atoms with Gasteiger partial charge in [-0.2, -0.15) is 0 Å². The van der Waals surface area contributed by atoms with Crippen molar-refractivity contribution in [3.63, 3.8) is 0 Å². The van der Waals surface area contributed by atoms with E-state index in [1.165, 1.54) is 30.4 Å². The molecule has 3 atom stereocenters. The van der Waals surface area contributed by atoms with Crippen molar-refractivity contribution in [2.24, 2.45) is 17.6 Å². The second-order valence-corrected chi connectivity index (χ2v) is 12.6. The van der Waals surface area contributed by atoms with Crippen LogP contribution in [0.2, 0.25) is 0 Å². The van der Waals surface area contributed by atoms with E-state index < -0.39 is 0 Å². The number of rotatable bonds is 18. The SMILES string of the molecule is C/C=C\C[C@H](CN)CC(=O)C1CCCC[C@H]1c1ccc(CN(C)CCCOC)cc1.C=CCCC.CC.CC.CCCN(C)C=O.c1ccncc1. The number of hydrogen-bond acceptors (Lipinski definition) is 6. The molecule has 1 aromatic heterocycles. The van der Waals surface area contributed by atoms with Gasteiger partial charge < -0.3 is 20.3 Å². The average Bonchev–Trinajstić information content (AvgIpc) is 3.20. The molecule has 1 unspecified atom stereocenters. The zero-order chi connectivity index (χ0) is 39.8. The van der Waals surface area contributed by atoms with Gasteiger partial charge in [-0.05, 0) is 94.1 Å². The number of ether oxygens (including phenoxy) is 1. The molecule has 3 rings (SSSR count). The molecule has 7 nitrogen and oxygen atoms in total. The predicted octanol–water partition coefficient (Wildman–Crippen LogP) is 10.5. The topological polar surface area (TPSA) is 88.8 Å². The average molecular weight is 725 g/mol. The van der Waals surface area contributed by atoms with E-state index in [-0.39, 0.29) is 11.8 Å². The molecule has 7 heteroatoms. The molecular weight excluding hydrogens is 645 g/mol. The fourth-order valence-corrected chi connectivity index (χ4v) is 5.60. The fraction of sp³-hybridized carbons (Fsp3) is 0.622. The lowest BCUT2D eigenvalue weighted by atomic mass is 9.72. The van der Waals surface area contributed by atoms with Crippen LogP contribution in [0.5, 0.6) is 0 Å². The number of pyridine rings is 1. The maximum absolute atomic E-state index is 13.2. The zero-order valence-electron chi connectivity index (χ0n) is 35.2. The lowest BCUT2D eigenvalue weighted by molar-refractivity contribution is -0.125. The summed E-state index contributed by atoms with van der Waals surface area (Å²) in [6.07, 6.45) is 21.0. The lowest BCUT2D eigenvalue weighted by Gasteiger charge is -2.32. The van der Waals surface area contributed by atoms with E-state index >= 15 is 0 Å². The molecule has 0 spiro atoms. The van der Waals surface area contributed by atoms with Crippen LogP contribution in [0, 0.1) is 11.8 Å². The van der Waals surface area contributed by atoms with Crippen LogP contribution in [0.1, 0.15) is 130 Å². The quantitative estimate of drug-likeness (QED) is 0.0935. The molecule has 0 aliphatic heterocycles. The van der Waals surface area contributed by atoms with E-state index in [0.717, 1.165) is 71.2 Å². The van der Waals surface area contributed by atoms with Crippen LogP contribution in [0.15, 0.2) is 79.7 Å². The second-order valence-electron chi connectivity index (χ2n) is 12.6. The molecule has 1 heterocycles. The fourth-order valence-electron chi connectivity index (χ4n) is 5.60. The number of methoxy groups -OCH3 is 1. The molecule has 0 radical (unpaired) electrons. The number of nitrogens with zero attached hydrogens (tertiary/aromatic N) is 3. The first-order chi connectivity index (χ1) is 25.3. The summed E-state index contributed by atoms with van der Waals surface area (Å²) in [5.41, 5.74) is 8.59. The Bertz CT molecular complexity index is 1040. The third-order valence-corrected chi connectivity index (χ3v) is 8.27. The molecule has 2 aromatic rings. The highest BCUT2D eigenvalue weighted by atomic mass is 16.5. The van der Waals surface area contributed by atoms with E-state index in [4.69, 9.17) is 10.5 Å². The summed E-state index contributed by atoms with van der Waals surface area (Å²) >= 11 is 0. The smallest absolute Gasteiger partial charge is 0.209 e. The first-order valence-corrected chi connectivity index (χ1v) is 20.0. The van der Waals surface area contributed by atoms with Gasteiger partial charge in [0.15, 0.2) is 0 Å². The summed E-state index contributed by atoms with van der Waals surface area (Å²) in [7, 11) is 5.68. The molecule has 52 heavy (non-hydrogen) atoms. The molecule has 298 valence electrons. The van der Waals surface area contributed by atoms with Crippen molar-refractivity contribution in [1.82, 2.24) is 14.8 Å². The lowest BCUT2D eigenvalue weighted by Crippen LogP contribution is -2.29. The number of carbonyl (C=O) groups excluding carboxylic acids is 2. The van der Waals surface area contributed by atoms with E-state index in [2.05, 4.69) is 60.8 Å². The first-order valence-electron chi connectivity index (χ1n) is 20.0. The molecule has 1 aliphatic rings. The third-order valence-electron chi connectivity index (χ3n) is 8.27. The van der Waals surface area contributed by atoms with Crippen molar-refractivity contribution < 1.29 is 14.3 Å². The largest absolute Gasteiger partial charge is 0.385 e. The van der Waals surface area contributed by atoms with Crippen LogP contribution < -0.4 is 5.73 Å². The Hall–Kier alpha value is -3.13. The van der Waals surface area contributed by atoms with Gasteiger partial charge in [0.25, 0.3) is 0 Å². The Morgan fingerprint density at radius 2 is 1.63 bits per heavy atom. The number of hydrogen-bond donors (Lipinski definition) is 1. The normalized spacial score (nSPS) is 14.9. The minimum atomic E-state index is 0.154. The van der Waals surface area contributed by atoms with Gasteiger partial charge in [0.1, 0.15) is 5.78 Å². The molecule has 2 N–H and O–H groups in total. The first kappa shape index (κ1) is 53.2. The van der Waals surface area contributed by atoms with Gasteiger partial charge in [-0.3, -0.25) is 14.6 Å². The van der Waals surface area contributed by atoms with Crippen molar-refractivity contribution >= 4 is 12.2 Å². The Morgan fingerprint density at radius 3 is 2.06 bits per heavy atom. The van der Waals surface area contributed by atoms with Gasteiger partial charge in [-0.15, -0.1) is 6.58 Å². The van der Waals surface area contributed by atoms with Gasteiger partial charge in [-0.25, -0.2) is 0 Å². The van der Waals surface area contributed by atoms with Crippen molar-refractivity contribution in [2.75, 3.05) is 47.4 Å². The summed E-state index contributed by atoms with van der Waals surface area (Å²) in [5, 5.41) is 0. The second kappa shape index (κ2) is 40.6. The highest BCUT2D eigenvalue weighted by Crippen LogP contribution is 2.39. The number of unbranched alkanes of at least 4 members (excludes halogenated alkanes) is 1. The number of nitrogens with two attached hydrogens (primary N) is 1. The molecule has 1 fully saturated rings. The Morgan fingerprint density at radius 1 is 1.00 bits per heavy atom.